The van der Waals surface area contributed by atoms with Gasteiger partial charge < -0.3 is 0 Å². The van der Waals surface area contributed by atoms with Crippen molar-refractivity contribution in [2.45, 2.75) is 55.7 Å². The Morgan fingerprint density at radius 2 is 1.89 bits per heavy atom. The number of nitrogens with one attached hydrogen (secondary N) is 1. The van der Waals surface area contributed by atoms with Crippen LogP contribution in [-0.4, -0.2) is 19.4 Å². The summed E-state index contributed by atoms with van der Waals surface area (Å²) in [5.41, 5.74) is 0.478. The van der Waals surface area contributed by atoms with Gasteiger partial charge in [-0.1, -0.05) is 48.6 Å². The molecule has 0 aliphatic heterocycles. The van der Waals surface area contributed by atoms with Gasteiger partial charge in [-0.05, 0) is 19.8 Å². The molecule has 1 N–H and O–H groups in total. The predicted molar refractivity (Wildman–Crippen MR) is 73.7 cm³/mol. The standard InChI is InChI=1S/C11H17ClN2O2S2/c1-8-10(17-11(12)13-8)18(15,16)14-9-6-4-2-3-5-7-9/h9,14H,2-7H2,1H3. The van der Waals surface area contributed by atoms with Crippen molar-refractivity contribution in [3.63, 3.8) is 0 Å². The summed E-state index contributed by atoms with van der Waals surface area (Å²) in [6.45, 7) is 1.67. The molecule has 0 radical (unpaired) electrons. The van der Waals surface area contributed by atoms with Gasteiger partial charge in [0.15, 0.2) is 8.68 Å². The highest BCUT2D eigenvalue weighted by molar-refractivity contribution is 7.91. The maximum absolute atomic E-state index is 12.2. The van der Waals surface area contributed by atoms with E-state index in [0.29, 0.717) is 5.69 Å². The van der Waals surface area contributed by atoms with Crippen molar-refractivity contribution in [2.24, 2.45) is 0 Å². The van der Waals surface area contributed by atoms with Gasteiger partial charge in [-0.25, -0.2) is 18.1 Å². The monoisotopic (exact) mass is 308 g/mol. The van der Waals surface area contributed by atoms with Crippen LogP contribution < -0.4 is 4.72 Å². The minimum Gasteiger partial charge on any atom is -0.229 e. The van der Waals surface area contributed by atoms with E-state index in [1.807, 2.05) is 0 Å². The Labute approximate surface area is 117 Å². The van der Waals surface area contributed by atoms with E-state index in [1.54, 1.807) is 6.92 Å². The van der Waals surface area contributed by atoms with Gasteiger partial charge in [-0.15, -0.1) is 0 Å². The second kappa shape index (κ2) is 5.86. The molecule has 0 bridgehead atoms. The second-order valence-corrected chi connectivity index (χ2v) is 8.14. The molecule has 18 heavy (non-hydrogen) atoms. The summed E-state index contributed by atoms with van der Waals surface area (Å²) in [4.78, 5) is 3.95. The molecule has 0 spiro atoms. The summed E-state index contributed by atoms with van der Waals surface area (Å²) in [6.07, 6.45) is 6.42. The highest BCUT2D eigenvalue weighted by atomic mass is 35.5. The number of aromatic nitrogens is 1. The highest BCUT2D eigenvalue weighted by Gasteiger charge is 2.25. The smallest absolute Gasteiger partial charge is 0.229 e. The molecule has 0 unspecified atom stereocenters. The second-order valence-electron chi connectivity index (χ2n) is 4.65. The number of thiazole rings is 1. The number of aryl methyl sites for hydroxylation is 1. The average molecular weight is 309 g/mol. The van der Waals surface area contributed by atoms with E-state index >= 15 is 0 Å². The molecule has 1 heterocycles. The van der Waals surface area contributed by atoms with Crippen LogP contribution in [0, 0.1) is 6.92 Å². The first-order valence-corrected chi connectivity index (χ1v) is 8.82. The quantitative estimate of drug-likeness (QED) is 0.873. The third kappa shape index (κ3) is 3.44. The number of sulfonamides is 1. The van der Waals surface area contributed by atoms with E-state index in [9.17, 15) is 8.42 Å². The fourth-order valence-corrected chi connectivity index (χ4v) is 5.33. The zero-order chi connectivity index (χ0) is 13.2. The van der Waals surface area contributed by atoms with E-state index < -0.39 is 10.0 Å². The summed E-state index contributed by atoms with van der Waals surface area (Å²) in [7, 11) is -3.46. The molecule has 0 aromatic carbocycles. The van der Waals surface area contributed by atoms with Gasteiger partial charge in [0, 0.05) is 6.04 Å². The Morgan fingerprint density at radius 1 is 1.28 bits per heavy atom. The van der Waals surface area contributed by atoms with Crippen LogP contribution in [0.1, 0.15) is 44.2 Å². The Morgan fingerprint density at radius 3 is 2.39 bits per heavy atom. The van der Waals surface area contributed by atoms with Gasteiger partial charge in [0.25, 0.3) is 10.0 Å². The third-order valence-corrected chi connectivity index (χ3v) is 6.54. The first kappa shape index (κ1) is 14.2. The summed E-state index contributed by atoms with van der Waals surface area (Å²) >= 11 is 6.77. The molecule has 1 aromatic rings. The average Bonchev–Trinajstić information content (AvgIpc) is 2.51. The van der Waals surface area contributed by atoms with Crippen LogP contribution >= 0.6 is 22.9 Å². The summed E-state index contributed by atoms with van der Waals surface area (Å²) in [5, 5.41) is 0. The van der Waals surface area contributed by atoms with Crippen molar-refractivity contribution in [1.29, 1.82) is 0 Å². The molecule has 102 valence electrons. The molecule has 0 amide bonds. The minimum atomic E-state index is -3.46. The maximum atomic E-state index is 12.2. The molecule has 0 atom stereocenters. The Kier molecular flexibility index (Phi) is 4.64. The molecule has 1 aliphatic carbocycles. The predicted octanol–water partition coefficient (Wildman–Crippen LogP) is 3.11. The molecule has 2 rings (SSSR count). The summed E-state index contributed by atoms with van der Waals surface area (Å²) < 4.78 is 27.8. The Balaban J connectivity index is 2.13. The van der Waals surface area contributed by atoms with Crippen molar-refractivity contribution >= 4 is 33.0 Å². The van der Waals surface area contributed by atoms with Crippen LogP contribution in [-0.2, 0) is 10.0 Å². The number of rotatable bonds is 3. The Hall–Kier alpha value is -0.170. The molecular formula is C11H17ClN2O2S2. The van der Waals surface area contributed by atoms with E-state index in [-0.39, 0.29) is 14.7 Å². The van der Waals surface area contributed by atoms with Crippen LogP contribution in [0.25, 0.3) is 0 Å². The molecule has 1 saturated carbocycles. The van der Waals surface area contributed by atoms with Crippen molar-refractivity contribution < 1.29 is 8.42 Å². The van der Waals surface area contributed by atoms with Crippen LogP contribution in [0.5, 0.6) is 0 Å². The van der Waals surface area contributed by atoms with Crippen molar-refractivity contribution in [3.05, 3.63) is 10.2 Å². The van der Waals surface area contributed by atoms with Crippen LogP contribution in [0.15, 0.2) is 4.21 Å². The lowest BCUT2D eigenvalue weighted by molar-refractivity contribution is 0.510. The Bertz CT molecular complexity index is 505. The van der Waals surface area contributed by atoms with Gasteiger partial charge >= 0.3 is 0 Å². The first-order chi connectivity index (χ1) is 8.49. The van der Waals surface area contributed by atoms with E-state index in [1.165, 1.54) is 12.8 Å². The van der Waals surface area contributed by atoms with Crippen LogP contribution in [0.2, 0.25) is 4.47 Å². The number of hydrogen-bond donors (Lipinski definition) is 1. The molecule has 1 aliphatic rings. The zero-order valence-electron chi connectivity index (χ0n) is 10.3. The van der Waals surface area contributed by atoms with Crippen LogP contribution in [0.3, 0.4) is 0 Å². The lowest BCUT2D eigenvalue weighted by Crippen LogP contribution is -2.34. The largest absolute Gasteiger partial charge is 0.252 e. The fraction of sp³-hybridized carbons (Fsp3) is 0.727. The van der Waals surface area contributed by atoms with E-state index in [2.05, 4.69) is 9.71 Å². The lowest BCUT2D eigenvalue weighted by Gasteiger charge is -2.15. The lowest BCUT2D eigenvalue weighted by atomic mass is 10.1. The zero-order valence-corrected chi connectivity index (χ0v) is 12.7. The number of halogens is 1. The van der Waals surface area contributed by atoms with Crippen molar-refractivity contribution in [1.82, 2.24) is 9.71 Å². The van der Waals surface area contributed by atoms with Gasteiger partial charge in [-0.3, -0.25) is 0 Å². The van der Waals surface area contributed by atoms with Crippen LogP contribution in [0.4, 0.5) is 0 Å². The maximum Gasteiger partial charge on any atom is 0.252 e. The number of hydrogen-bond acceptors (Lipinski definition) is 4. The molecular weight excluding hydrogens is 292 g/mol. The minimum absolute atomic E-state index is 0.0535. The summed E-state index contributed by atoms with van der Waals surface area (Å²) in [5.74, 6) is 0. The van der Waals surface area contributed by atoms with Crippen molar-refractivity contribution in [3.8, 4) is 0 Å². The normalized spacial score (nSPS) is 18.8. The SMILES string of the molecule is Cc1nc(Cl)sc1S(=O)(=O)NC1CCCCCC1. The molecule has 1 aromatic heterocycles. The van der Waals surface area contributed by atoms with E-state index in [0.717, 1.165) is 37.0 Å². The fourth-order valence-electron chi connectivity index (χ4n) is 2.27. The third-order valence-electron chi connectivity index (χ3n) is 3.15. The van der Waals surface area contributed by atoms with Gasteiger partial charge in [0.05, 0.1) is 5.69 Å². The van der Waals surface area contributed by atoms with Gasteiger partial charge in [0.1, 0.15) is 0 Å². The van der Waals surface area contributed by atoms with E-state index in [4.69, 9.17) is 11.6 Å². The van der Waals surface area contributed by atoms with Gasteiger partial charge in [-0.2, -0.15) is 0 Å². The van der Waals surface area contributed by atoms with Gasteiger partial charge in [0.2, 0.25) is 0 Å². The molecule has 0 saturated heterocycles. The molecule has 4 nitrogen and oxygen atoms in total. The molecule has 1 fully saturated rings. The highest BCUT2D eigenvalue weighted by Crippen LogP contribution is 2.27. The topological polar surface area (TPSA) is 59.1 Å². The van der Waals surface area contributed by atoms with Crippen molar-refractivity contribution in [2.75, 3.05) is 0 Å². The molecule has 7 heteroatoms. The first-order valence-electron chi connectivity index (χ1n) is 6.14. The number of nitrogens with zero attached hydrogens (tertiary/aromatic N) is 1. The summed E-state index contributed by atoms with van der Waals surface area (Å²) in [6, 6.07) is 0.0535.